The summed E-state index contributed by atoms with van der Waals surface area (Å²) in [5.74, 6) is 0. The molecule has 13 heavy (non-hydrogen) atoms. The first-order chi connectivity index (χ1) is 6.16. The number of hydrogen-bond acceptors (Lipinski definition) is 0. The maximum Gasteiger partial charge on any atom is -0.0260 e. The summed E-state index contributed by atoms with van der Waals surface area (Å²) >= 11 is 0. The van der Waals surface area contributed by atoms with Gasteiger partial charge >= 0.3 is 0 Å². The Morgan fingerprint density at radius 1 is 1.15 bits per heavy atom. The van der Waals surface area contributed by atoms with Crippen LogP contribution in [0.1, 0.15) is 26.3 Å². The molecule has 0 bridgehead atoms. The molecule has 0 amide bonds. The van der Waals surface area contributed by atoms with Crippen LogP contribution in [0.5, 0.6) is 0 Å². The van der Waals surface area contributed by atoms with Crippen LogP contribution in [0, 0.1) is 0 Å². The minimum Gasteiger partial charge on any atom is -0.100 e. The summed E-state index contributed by atoms with van der Waals surface area (Å²) in [6.07, 6.45) is 4.12. The van der Waals surface area contributed by atoms with Crippen LogP contribution in [0.3, 0.4) is 0 Å². The van der Waals surface area contributed by atoms with E-state index < -0.39 is 0 Å². The summed E-state index contributed by atoms with van der Waals surface area (Å²) in [5.41, 5.74) is 2.43. The van der Waals surface area contributed by atoms with Gasteiger partial charge in [-0.3, -0.25) is 0 Å². The summed E-state index contributed by atoms with van der Waals surface area (Å²) in [5, 5.41) is 0. The standard InChI is InChI=1S/C9H10.C4H8/c1-2-6-9-7-4-3-5-8-9;1-4(2)3/h2-8H,1H3;1H2,2-3H3. The van der Waals surface area contributed by atoms with Gasteiger partial charge in [-0.25, -0.2) is 0 Å². The third-order valence-corrected chi connectivity index (χ3v) is 1.16. The molecule has 0 nitrogen and oxygen atoms in total. The Morgan fingerprint density at radius 2 is 1.62 bits per heavy atom. The lowest BCUT2D eigenvalue weighted by Crippen LogP contribution is -1.65. The van der Waals surface area contributed by atoms with Crippen LogP contribution < -0.4 is 0 Å². The Balaban J connectivity index is 0.000000310. The molecule has 0 aliphatic rings. The Hall–Kier alpha value is -1.30. The van der Waals surface area contributed by atoms with Crippen molar-refractivity contribution in [3.8, 4) is 0 Å². The minimum atomic E-state index is 1.17. The second kappa shape index (κ2) is 7.35. The molecule has 0 spiro atoms. The second-order valence-corrected chi connectivity index (χ2v) is 3.12. The Morgan fingerprint density at radius 3 is 2.00 bits per heavy atom. The van der Waals surface area contributed by atoms with Crippen molar-refractivity contribution >= 4 is 6.08 Å². The van der Waals surface area contributed by atoms with Crippen LogP contribution in [0.25, 0.3) is 6.08 Å². The van der Waals surface area contributed by atoms with Gasteiger partial charge in [0.05, 0.1) is 0 Å². The average Bonchev–Trinajstić information content (AvgIpc) is 2.06. The normalized spacial score (nSPS) is 9.15. The zero-order valence-corrected chi connectivity index (χ0v) is 8.75. The number of allylic oxidation sites excluding steroid dienone is 2. The van der Waals surface area contributed by atoms with Gasteiger partial charge in [-0.15, -0.1) is 6.58 Å². The SMILES string of the molecule is C=C(C)C.CC=Cc1ccccc1. The van der Waals surface area contributed by atoms with Crippen LogP contribution >= 0.6 is 0 Å². The third kappa shape index (κ3) is 8.61. The first kappa shape index (κ1) is 11.7. The second-order valence-electron chi connectivity index (χ2n) is 3.12. The van der Waals surface area contributed by atoms with Gasteiger partial charge in [0.25, 0.3) is 0 Å². The van der Waals surface area contributed by atoms with Gasteiger partial charge in [-0.1, -0.05) is 48.1 Å². The van der Waals surface area contributed by atoms with Crippen molar-refractivity contribution < 1.29 is 0 Å². The van der Waals surface area contributed by atoms with Crippen molar-refractivity contribution in [1.29, 1.82) is 0 Å². The molecule has 0 heteroatoms. The summed E-state index contributed by atoms with van der Waals surface area (Å²) in [4.78, 5) is 0. The highest BCUT2D eigenvalue weighted by Gasteiger charge is 1.77. The molecular formula is C13H18. The van der Waals surface area contributed by atoms with E-state index in [1.165, 1.54) is 11.1 Å². The Bertz CT molecular complexity index is 251. The highest BCUT2D eigenvalue weighted by molar-refractivity contribution is 5.47. The molecule has 0 unspecified atom stereocenters. The van der Waals surface area contributed by atoms with Crippen LogP contribution in [-0.4, -0.2) is 0 Å². The van der Waals surface area contributed by atoms with Crippen LogP contribution in [0.2, 0.25) is 0 Å². The van der Waals surface area contributed by atoms with Crippen LogP contribution in [0.15, 0.2) is 48.6 Å². The first-order valence-corrected chi connectivity index (χ1v) is 4.46. The lowest BCUT2D eigenvalue weighted by Gasteiger charge is -1.86. The fraction of sp³-hybridized carbons (Fsp3) is 0.231. The molecule has 0 saturated heterocycles. The van der Waals surface area contributed by atoms with Gasteiger partial charge in [-0.05, 0) is 26.3 Å². The molecule has 0 saturated carbocycles. The largest absolute Gasteiger partial charge is 0.100 e. The van der Waals surface area contributed by atoms with Crippen LogP contribution in [0.4, 0.5) is 0 Å². The molecule has 1 aromatic rings. The predicted molar refractivity (Wildman–Crippen MR) is 61.6 cm³/mol. The Kier molecular flexibility index (Phi) is 6.62. The first-order valence-electron chi connectivity index (χ1n) is 4.46. The van der Waals surface area contributed by atoms with Crippen LogP contribution in [-0.2, 0) is 0 Å². The van der Waals surface area contributed by atoms with E-state index in [-0.39, 0.29) is 0 Å². The quantitative estimate of drug-likeness (QED) is 0.557. The molecule has 0 aliphatic carbocycles. The van der Waals surface area contributed by atoms with Crippen molar-refractivity contribution in [2.24, 2.45) is 0 Å². The van der Waals surface area contributed by atoms with Crippen molar-refractivity contribution in [1.82, 2.24) is 0 Å². The molecule has 0 aromatic heterocycles. The van der Waals surface area contributed by atoms with E-state index in [9.17, 15) is 0 Å². The summed E-state index contributed by atoms with van der Waals surface area (Å²) in [6, 6.07) is 10.3. The molecule has 0 atom stereocenters. The van der Waals surface area contributed by atoms with Gasteiger partial charge < -0.3 is 0 Å². The van der Waals surface area contributed by atoms with E-state index in [4.69, 9.17) is 0 Å². The maximum atomic E-state index is 3.56. The molecule has 1 rings (SSSR count). The van der Waals surface area contributed by atoms with E-state index in [0.29, 0.717) is 0 Å². The number of benzene rings is 1. The van der Waals surface area contributed by atoms with Gasteiger partial charge in [0.15, 0.2) is 0 Å². The average molecular weight is 174 g/mol. The Labute approximate surface area is 81.6 Å². The van der Waals surface area contributed by atoms with Gasteiger partial charge in [-0.2, -0.15) is 0 Å². The molecule has 70 valence electrons. The zero-order valence-electron chi connectivity index (χ0n) is 8.75. The summed E-state index contributed by atoms with van der Waals surface area (Å²) < 4.78 is 0. The van der Waals surface area contributed by atoms with Crippen molar-refractivity contribution in [2.75, 3.05) is 0 Å². The monoisotopic (exact) mass is 174 g/mol. The van der Waals surface area contributed by atoms with E-state index in [0.717, 1.165) is 0 Å². The fourth-order valence-corrected chi connectivity index (χ4v) is 0.757. The van der Waals surface area contributed by atoms with E-state index in [1.807, 2.05) is 45.0 Å². The molecular weight excluding hydrogens is 156 g/mol. The fourth-order valence-electron chi connectivity index (χ4n) is 0.757. The zero-order chi connectivity index (χ0) is 10.1. The molecule has 0 fully saturated rings. The van der Waals surface area contributed by atoms with Gasteiger partial charge in [0, 0.05) is 0 Å². The minimum absolute atomic E-state index is 1.17. The molecule has 0 aliphatic heterocycles. The number of hydrogen-bond donors (Lipinski definition) is 0. The van der Waals surface area contributed by atoms with E-state index >= 15 is 0 Å². The lowest BCUT2D eigenvalue weighted by molar-refractivity contribution is 1.42. The molecule has 0 N–H and O–H groups in total. The topological polar surface area (TPSA) is 0 Å². The van der Waals surface area contributed by atoms with Crippen molar-refractivity contribution in [3.63, 3.8) is 0 Å². The maximum absolute atomic E-state index is 3.56. The van der Waals surface area contributed by atoms with E-state index in [2.05, 4.69) is 24.8 Å². The predicted octanol–water partition coefficient (Wildman–Crippen LogP) is 4.30. The number of rotatable bonds is 1. The van der Waals surface area contributed by atoms with E-state index in [1.54, 1.807) is 0 Å². The van der Waals surface area contributed by atoms with Crippen molar-refractivity contribution in [3.05, 3.63) is 54.1 Å². The van der Waals surface area contributed by atoms with Crippen molar-refractivity contribution in [2.45, 2.75) is 20.8 Å². The third-order valence-electron chi connectivity index (χ3n) is 1.16. The summed E-state index contributed by atoms with van der Waals surface area (Å²) in [7, 11) is 0. The smallest absolute Gasteiger partial charge is 0.0260 e. The summed E-state index contributed by atoms with van der Waals surface area (Å²) in [6.45, 7) is 9.52. The highest BCUT2D eigenvalue weighted by atomic mass is 13.8. The molecule has 0 heterocycles. The lowest BCUT2D eigenvalue weighted by atomic mass is 10.2. The van der Waals surface area contributed by atoms with Gasteiger partial charge in [0.1, 0.15) is 0 Å². The highest BCUT2D eigenvalue weighted by Crippen LogP contribution is 1.99. The molecule has 0 radical (unpaired) electrons. The molecule has 1 aromatic carbocycles. The van der Waals surface area contributed by atoms with Gasteiger partial charge in [0.2, 0.25) is 0 Å².